The van der Waals surface area contributed by atoms with Gasteiger partial charge < -0.3 is 18.9 Å². The SMILES string of the molecule is N#Cc1ccc(-c2ccc(OCCCCCCOC/C=C\COCCCCCCOc3ccc(-c4ccc(C#N)cc4)cc3)cc2)cc1. The second kappa shape index (κ2) is 21.8. The van der Waals surface area contributed by atoms with Crippen LogP contribution in [0.2, 0.25) is 0 Å². The fourth-order valence-electron chi connectivity index (χ4n) is 5.10. The van der Waals surface area contributed by atoms with Gasteiger partial charge in [-0.2, -0.15) is 10.5 Å². The lowest BCUT2D eigenvalue weighted by Crippen LogP contribution is -1.99. The molecule has 0 aromatic heterocycles. The maximum atomic E-state index is 8.95. The van der Waals surface area contributed by atoms with Crippen LogP contribution in [-0.2, 0) is 9.47 Å². The fourth-order valence-corrected chi connectivity index (χ4v) is 5.10. The number of benzene rings is 4. The average Bonchev–Trinajstić information content (AvgIpc) is 3.14. The van der Waals surface area contributed by atoms with Crippen LogP contribution in [0.4, 0.5) is 0 Å². The topological polar surface area (TPSA) is 84.5 Å². The van der Waals surface area contributed by atoms with Gasteiger partial charge in [0.1, 0.15) is 11.5 Å². The van der Waals surface area contributed by atoms with Crippen molar-refractivity contribution in [3.05, 3.63) is 120 Å². The van der Waals surface area contributed by atoms with Gasteiger partial charge in [-0.15, -0.1) is 0 Å². The molecule has 0 N–H and O–H groups in total. The zero-order valence-electron chi connectivity index (χ0n) is 27.8. The Balaban J connectivity index is 0.890. The van der Waals surface area contributed by atoms with Crippen molar-refractivity contribution in [1.29, 1.82) is 10.5 Å². The summed E-state index contributed by atoms with van der Waals surface area (Å²) < 4.78 is 23.2. The van der Waals surface area contributed by atoms with Crippen molar-refractivity contribution >= 4 is 0 Å². The van der Waals surface area contributed by atoms with Crippen LogP contribution >= 0.6 is 0 Å². The first-order valence-electron chi connectivity index (χ1n) is 17.0. The van der Waals surface area contributed by atoms with Crippen LogP contribution in [-0.4, -0.2) is 39.6 Å². The Hall–Kier alpha value is -4.88. The number of hydrogen-bond donors (Lipinski definition) is 0. The molecule has 48 heavy (non-hydrogen) atoms. The van der Waals surface area contributed by atoms with E-state index in [1.54, 1.807) is 0 Å². The largest absolute Gasteiger partial charge is 0.494 e. The Morgan fingerprint density at radius 1 is 0.396 bits per heavy atom. The molecule has 0 heterocycles. The summed E-state index contributed by atoms with van der Waals surface area (Å²) in [6, 6.07) is 35.7. The van der Waals surface area contributed by atoms with E-state index in [9.17, 15) is 0 Å². The molecule has 0 unspecified atom stereocenters. The number of nitriles is 2. The van der Waals surface area contributed by atoms with Crippen LogP contribution in [0.5, 0.6) is 11.5 Å². The van der Waals surface area contributed by atoms with Gasteiger partial charge in [0.25, 0.3) is 0 Å². The summed E-state index contributed by atoms with van der Waals surface area (Å²) in [5.41, 5.74) is 5.75. The predicted octanol–water partition coefficient (Wildman–Crippen LogP) is 9.93. The molecule has 0 amide bonds. The zero-order valence-corrected chi connectivity index (χ0v) is 27.8. The van der Waals surface area contributed by atoms with Crippen molar-refractivity contribution in [3.63, 3.8) is 0 Å². The van der Waals surface area contributed by atoms with E-state index in [1.165, 1.54) is 0 Å². The Bertz CT molecular complexity index is 1450. The van der Waals surface area contributed by atoms with E-state index in [0.29, 0.717) is 37.6 Å². The van der Waals surface area contributed by atoms with Crippen molar-refractivity contribution in [1.82, 2.24) is 0 Å². The molecule has 4 aromatic rings. The zero-order chi connectivity index (χ0) is 33.5. The van der Waals surface area contributed by atoms with Gasteiger partial charge in [0.15, 0.2) is 0 Å². The summed E-state index contributed by atoms with van der Waals surface area (Å²) in [6.07, 6.45) is 12.8. The van der Waals surface area contributed by atoms with Gasteiger partial charge in [0, 0.05) is 13.2 Å². The smallest absolute Gasteiger partial charge is 0.119 e. The van der Waals surface area contributed by atoms with Crippen molar-refractivity contribution in [3.8, 4) is 45.9 Å². The van der Waals surface area contributed by atoms with Gasteiger partial charge in [-0.3, -0.25) is 0 Å². The second-order valence-corrected chi connectivity index (χ2v) is 11.6. The molecule has 0 saturated heterocycles. The lowest BCUT2D eigenvalue weighted by atomic mass is 10.0. The lowest BCUT2D eigenvalue weighted by Gasteiger charge is -2.08. The normalized spacial score (nSPS) is 10.9. The first-order valence-corrected chi connectivity index (χ1v) is 17.0. The highest BCUT2D eigenvalue weighted by atomic mass is 16.5. The van der Waals surface area contributed by atoms with Gasteiger partial charge in [0.2, 0.25) is 0 Å². The van der Waals surface area contributed by atoms with E-state index in [-0.39, 0.29) is 0 Å². The van der Waals surface area contributed by atoms with E-state index in [1.807, 2.05) is 84.9 Å². The molecule has 4 aromatic carbocycles. The molecule has 6 nitrogen and oxygen atoms in total. The van der Waals surface area contributed by atoms with Crippen LogP contribution in [0.25, 0.3) is 22.3 Å². The van der Waals surface area contributed by atoms with Gasteiger partial charge in [-0.05, 0) is 109 Å². The standard InChI is InChI=1S/C42H46N2O4/c43-33-35-11-15-37(16-12-35)39-19-23-41(24-20-39)47-31-7-3-1-5-27-45-29-9-10-30-46-28-6-2-4-8-32-48-42-25-21-40(22-26-42)38-17-13-36(34-44)14-18-38/h9-26H,1-8,27-32H2/b10-9-. The molecule has 6 heteroatoms. The van der Waals surface area contributed by atoms with E-state index in [0.717, 1.165) is 98.3 Å². The van der Waals surface area contributed by atoms with E-state index in [2.05, 4.69) is 36.4 Å². The molecule has 248 valence electrons. The molecule has 0 saturated carbocycles. The summed E-state index contributed by atoms with van der Waals surface area (Å²) in [5, 5.41) is 17.9. The third-order valence-corrected chi connectivity index (χ3v) is 7.90. The predicted molar refractivity (Wildman–Crippen MR) is 192 cm³/mol. The average molecular weight is 643 g/mol. The molecule has 0 bridgehead atoms. The molecule has 0 spiro atoms. The molecule has 0 atom stereocenters. The molecule has 0 aliphatic carbocycles. The minimum Gasteiger partial charge on any atom is -0.494 e. The quantitative estimate of drug-likeness (QED) is 0.0627. The summed E-state index contributed by atoms with van der Waals surface area (Å²) in [6.45, 7) is 4.23. The Morgan fingerprint density at radius 3 is 1.04 bits per heavy atom. The number of rotatable bonds is 22. The Morgan fingerprint density at radius 2 is 0.708 bits per heavy atom. The lowest BCUT2D eigenvalue weighted by molar-refractivity contribution is 0.148. The highest BCUT2D eigenvalue weighted by molar-refractivity contribution is 5.65. The van der Waals surface area contributed by atoms with Gasteiger partial charge >= 0.3 is 0 Å². The molecule has 0 radical (unpaired) electrons. The van der Waals surface area contributed by atoms with Gasteiger partial charge in [-0.1, -0.05) is 73.5 Å². The highest BCUT2D eigenvalue weighted by Crippen LogP contribution is 2.24. The minimum atomic E-state index is 0.628. The fraction of sp³-hybridized carbons (Fsp3) is 0.333. The highest BCUT2D eigenvalue weighted by Gasteiger charge is 2.02. The van der Waals surface area contributed by atoms with Crippen molar-refractivity contribution in [2.75, 3.05) is 39.6 Å². The summed E-state index contributed by atoms with van der Waals surface area (Å²) >= 11 is 0. The first kappa shape index (κ1) is 36.0. The molecule has 0 aliphatic heterocycles. The Labute approximate surface area is 286 Å². The van der Waals surface area contributed by atoms with E-state index in [4.69, 9.17) is 29.5 Å². The van der Waals surface area contributed by atoms with E-state index >= 15 is 0 Å². The first-order chi connectivity index (χ1) is 23.7. The third kappa shape index (κ3) is 13.5. The summed E-state index contributed by atoms with van der Waals surface area (Å²) in [5.74, 6) is 1.77. The van der Waals surface area contributed by atoms with E-state index < -0.39 is 0 Å². The van der Waals surface area contributed by atoms with Crippen LogP contribution in [0.1, 0.15) is 62.5 Å². The number of unbranched alkanes of at least 4 members (excludes halogenated alkanes) is 6. The van der Waals surface area contributed by atoms with Gasteiger partial charge in [0.05, 0.1) is 49.7 Å². The Kier molecular flexibility index (Phi) is 16.4. The van der Waals surface area contributed by atoms with Gasteiger partial charge in [-0.25, -0.2) is 0 Å². The molecular weight excluding hydrogens is 596 g/mol. The molecule has 0 fully saturated rings. The van der Waals surface area contributed by atoms with Crippen LogP contribution in [0.3, 0.4) is 0 Å². The van der Waals surface area contributed by atoms with Crippen LogP contribution in [0.15, 0.2) is 109 Å². The molecule has 4 rings (SSSR count). The summed E-state index contributed by atoms with van der Waals surface area (Å²) in [7, 11) is 0. The molecule has 0 aliphatic rings. The minimum absolute atomic E-state index is 0.628. The monoisotopic (exact) mass is 642 g/mol. The number of hydrogen-bond acceptors (Lipinski definition) is 6. The van der Waals surface area contributed by atoms with Crippen molar-refractivity contribution in [2.24, 2.45) is 0 Å². The van der Waals surface area contributed by atoms with Crippen LogP contribution < -0.4 is 9.47 Å². The number of ether oxygens (including phenoxy) is 4. The van der Waals surface area contributed by atoms with Crippen molar-refractivity contribution < 1.29 is 18.9 Å². The number of nitrogens with zero attached hydrogens (tertiary/aromatic N) is 2. The maximum absolute atomic E-state index is 8.95. The van der Waals surface area contributed by atoms with Crippen LogP contribution in [0, 0.1) is 22.7 Å². The maximum Gasteiger partial charge on any atom is 0.119 e. The summed E-state index contributed by atoms with van der Waals surface area (Å²) in [4.78, 5) is 0. The second-order valence-electron chi connectivity index (χ2n) is 11.6. The van der Waals surface area contributed by atoms with Crippen molar-refractivity contribution in [2.45, 2.75) is 51.4 Å². The third-order valence-electron chi connectivity index (χ3n) is 7.90. The molecular formula is C42H46N2O4.